The minimum absolute atomic E-state index is 0.0590. The molecule has 4 rings (SSSR count). The molecule has 0 aliphatic heterocycles. The van der Waals surface area contributed by atoms with E-state index in [0.29, 0.717) is 11.3 Å². The Morgan fingerprint density at radius 3 is 2.38 bits per heavy atom. The first kappa shape index (κ1) is 17.8. The molecule has 0 nitrogen and oxygen atoms in total. The van der Waals surface area contributed by atoms with Crippen LogP contribution < -0.4 is 0 Å². The molecule has 0 aromatic heterocycles. The van der Waals surface area contributed by atoms with E-state index in [-0.39, 0.29) is 5.39 Å². The average molecular weight is 364 g/mol. The maximum absolute atomic E-state index is 14.3. The van der Waals surface area contributed by atoms with Crippen molar-refractivity contribution in [3.8, 4) is 0 Å². The first-order valence-electron chi connectivity index (χ1n) is 9.62. The third-order valence-corrected chi connectivity index (χ3v) is 6.63. The third-order valence-electron chi connectivity index (χ3n) is 6.63. The van der Waals surface area contributed by atoms with Crippen LogP contribution in [0.4, 0.5) is 17.6 Å². The molecular formula is C22H24F4. The molecule has 2 aromatic rings. The number of fused-ring (bicyclic) bond motifs is 2. The molecule has 2 fully saturated rings. The monoisotopic (exact) mass is 364 g/mol. The van der Waals surface area contributed by atoms with Crippen molar-refractivity contribution in [2.24, 2.45) is 17.8 Å². The van der Waals surface area contributed by atoms with Gasteiger partial charge in [-0.3, -0.25) is 0 Å². The summed E-state index contributed by atoms with van der Waals surface area (Å²) < 4.78 is 53.0. The minimum atomic E-state index is -4.66. The Labute approximate surface area is 151 Å². The summed E-state index contributed by atoms with van der Waals surface area (Å²) in [5.41, 5.74) is -0.0386. The summed E-state index contributed by atoms with van der Waals surface area (Å²) in [5, 5.41) is 0.621. The fraction of sp³-hybridized carbons (Fsp3) is 0.545. The predicted molar refractivity (Wildman–Crippen MR) is 95.5 cm³/mol. The van der Waals surface area contributed by atoms with Crippen LogP contribution in [0.2, 0.25) is 0 Å². The third kappa shape index (κ3) is 3.23. The zero-order valence-corrected chi connectivity index (χ0v) is 15.0. The zero-order chi connectivity index (χ0) is 18.5. The lowest BCUT2D eigenvalue weighted by molar-refractivity contribution is -0.139. The van der Waals surface area contributed by atoms with Gasteiger partial charge >= 0.3 is 6.18 Å². The number of alkyl halides is 3. The van der Waals surface area contributed by atoms with Crippen molar-refractivity contribution in [3.63, 3.8) is 0 Å². The summed E-state index contributed by atoms with van der Waals surface area (Å²) in [6.45, 7) is 2.34. The van der Waals surface area contributed by atoms with Crippen molar-refractivity contribution >= 4 is 10.8 Å². The highest BCUT2D eigenvalue weighted by Gasteiger charge is 2.36. The molecule has 0 N–H and O–H groups in total. The van der Waals surface area contributed by atoms with Gasteiger partial charge in [0.15, 0.2) is 0 Å². The molecule has 26 heavy (non-hydrogen) atoms. The molecule has 0 amide bonds. The molecule has 0 spiro atoms. The van der Waals surface area contributed by atoms with Crippen LogP contribution >= 0.6 is 0 Å². The summed E-state index contributed by atoms with van der Waals surface area (Å²) in [4.78, 5) is 0. The first-order valence-corrected chi connectivity index (χ1v) is 9.62. The minimum Gasteiger partial charge on any atom is -0.206 e. The second kappa shape index (κ2) is 6.54. The molecule has 4 heteroatoms. The lowest BCUT2D eigenvalue weighted by Gasteiger charge is -2.41. The van der Waals surface area contributed by atoms with Gasteiger partial charge in [0.2, 0.25) is 0 Å². The summed E-state index contributed by atoms with van der Waals surface area (Å²) >= 11 is 0. The van der Waals surface area contributed by atoms with Crippen LogP contribution in [0.3, 0.4) is 0 Å². The zero-order valence-electron chi connectivity index (χ0n) is 15.0. The molecule has 140 valence electrons. The molecular weight excluding hydrogens is 340 g/mol. The summed E-state index contributed by atoms with van der Waals surface area (Å²) in [6, 6.07) is 7.53. The average Bonchev–Trinajstić information content (AvgIpc) is 2.60. The van der Waals surface area contributed by atoms with E-state index in [1.807, 2.05) is 12.1 Å². The van der Waals surface area contributed by atoms with Gasteiger partial charge in [-0.2, -0.15) is 13.2 Å². The van der Waals surface area contributed by atoms with Crippen LogP contribution in [0.25, 0.3) is 10.8 Å². The normalized spacial score (nSPS) is 29.6. The molecule has 2 unspecified atom stereocenters. The summed E-state index contributed by atoms with van der Waals surface area (Å²) in [5.74, 6) is 1.72. The quantitative estimate of drug-likeness (QED) is 0.465. The Hall–Kier alpha value is -1.58. The van der Waals surface area contributed by atoms with Crippen LogP contribution in [0.1, 0.15) is 62.5 Å². The van der Waals surface area contributed by atoms with E-state index in [1.54, 1.807) is 0 Å². The van der Waals surface area contributed by atoms with Gasteiger partial charge in [0.1, 0.15) is 5.82 Å². The number of halogens is 4. The van der Waals surface area contributed by atoms with Gasteiger partial charge in [-0.05, 0) is 72.8 Å². The van der Waals surface area contributed by atoms with Crippen molar-refractivity contribution in [2.75, 3.05) is 0 Å². The van der Waals surface area contributed by atoms with Crippen LogP contribution in [0.15, 0.2) is 30.3 Å². The molecule has 2 saturated carbocycles. The lowest BCUT2D eigenvalue weighted by Crippen LogP contribution is -2.29. The van der Waals surface area contributed by atoms with E-state index in [4.69, 9.17) is 0 Å². The van der Waals surface area contributed by atoms with Crippen LogP contribution in [0.5, 0.6) is 0 Å². The second-order valence-electron chi connectivity index (χ2n) is 8.35. The summed E-state index contributed by atoms with van der Waals surface area (Å²) in [7, 11) is 0. The fourth-order valence-electron chi connectivity index (χ4n) is 5.21. The highest BCUT2D eigenvalue weighted by molar-refractivity contribution is 5.84. The molecule has 0 radical (unpaired) electrons. The van der Waals surface area contributed by atoms with Gasteiger partial charge < -0.3 is 0 Å². The Kier molecular flexibility index (Phi) is 4.48. The molecule has 4 atom stereocenters. The van der Waals surface area contributed by atoms with Gasteiger partial charge in [0.25, 0.3) is 0 Å². The van der Waals surface area contributed by atoms with E-state index in [0.717, 1.165) is 42.2 Å². The van der Waals surface area contributed by atoms with Crippen molar-refractivity contribution in [3.05, 3.63) is 47.3 Å². The van der Waals surface area contributed by atoms with E-state index in [1.165, 1.54) is 37.8 Å². The predicted octanol–water partition coefficient (Wildman–Crippen LogP) is 7.32. The van der Waals surface area contributed by atoms with Crippen LogP contribution in [0, 0.1) is 23.6 Å². The van der Waals surface area contributed by atoms with Crippen molar-refractivity contribution in [1.29, 1.82) is 0 Å². The molecule has 0 bridgehead atoms. The van der Waals surface area contributed by atoms with Gasteiger partial charge in [-0.15, -0.1) is 0 Å². The smallest absolute Gasteiger partial charge is 0.206 e. The van der Waals surface area contributed by atoms with E-state index in [9.17, 15) is 17.6 Å². The lowest BCUT2D eigenvalue weighted by atomic mass is 9.64. The van der Waals surface area contributed by atoms with Gasteiger partial charge in [0, 0.05) is 5.39 Å². The molecule has 0 saturated heterocycles. The standard InChI is InChI=1S/C22H24F4/c1-13-2-3-15-11-16(5-4-14(15)10-13)17-6-8-19-18(12-17)7-9-20(21(19)23)22(24,25)26/h6-9,12-16H,2-5,10-11H2,1H3/t13-,14?,15-,16?/m1/s1. The maximum atomic E-state index is 14.3. The maximum Gasteiger partial charge on any atom is 0.419 e. The summed E-state index contributed by atoms with van der Waals surface area (Å²) in [6.07, 6.45) is 2.79. The van der Waals surface area contributed by atoms with Gasteiger partial charge in [-0.1, -0.05) is 37.6 Å². The van der Waals surface area contributed by atoms with Gasteiger partial charge in [0.05, 0.1) is 5.56 Å². The van der Waals surface area contributed by atoms with E-state index in [2.05, 4.69) is 6.92 Å². The SMILES string of the molecule is C[C@@H]1CC[C@@H]2CC(c3ccc4c(F)c(C(F)(F)F)ccc4c3)CCC2C1. The Morgan fingerprint density at radius 2 is 1.62 bits per heavy atom. The van der Waals surface area contributed by atoms with E-state index >= 15 is 0 Å². The number of rotatable bonds is 1. The van der Waals surface area contributed by atoms with Crippen molar-refractivity contribution in [2.45, 2.75) is 57.5 Å². The fourth-order valence-corrected chi connectivity index (χ4v) is 5.21. The molecule has 2 aromatic carbocycles. The highest BCUT2D eigenvalue weighted by atomic mass is 19.4. The van der Waals surface area contributed by atoms with E-state index < -0.39 is 17.6 Å². The number of benzene rings is 2. The second-order valence-corrected chi connectivity index (χ2v) is 8.35. The van der Waals surface area contributed by atoms with Crippen molar-refractivity contribution in [1.82, 2.24) is 0 Å². The Balaban J connectivity index is 1.60. The van der Waals surface area contributed by atoms with Crippen LogP contribution in [-0.2, 0) is 6.18 Å². The number of hydrogen-bond donors (Lipinski definition) is 0. The first-order chi connectivity index (χ1) is 12.3. The largest absolute Gasteiger partial charge is 0.419 e. The Morgan fingerprint density at radius 1 is 0.885 bits per heavy atom. The van der Waals surface area contributed by atoms with Crippen molar-refractivity contribution < 1.29 is 17.6 Å². The van der Waals surface area contributed by atoms with Gasteiger partial charge in [-0.25, -0.2) is 4.39 Å². The highest BCUT2D eigenvalue weighted by Crippen LogP contribution is 2.47. The molecule has 2 aliphatic rings. The molecule has 2 aliphatic carbocycles. The van der Waals surface area contributed by atoms with Crippen LogP contribution in [-0.4, -0.2) is 0 Å². The number of hydrogen-bond acceptors (Lipinski definition) is 0. The topological polar surface area (TPSA) is 0 Å². The Bertz CT molecular complexity index is 808. The molecule has 0 heterocycles.